The van der Waals surface area contributed by atoms with E-state index in [1.54, 1.807) is 0 Å². The van der Waals surface area contributed by atoms with Crippen LogP contribution in [0.15, 0.2) is 24.3 Å². The van der Waals surface area contributed by atoms with E-state index < -0.39 is 0 Å². The Morgan fingerprint density at radius 1 is 1.42 bits per heavy atom. The van der Waals surface area contributed by atoms with E-state index in [4.69, 9.17) is 11.6 Å². The van der Waals surface area contributed by atoms with Crippen LogP contribution in [-0.4, -0.2) is 17.3 Å². The Hall–Kier alpha value is -0.730. The van der Waals surface area contributed by atoms with Crippen LogP contribution in [0.25, 0.3) is 0 Å². The van der Waals surface area contributed by atoms with Gasteiger partial charge in [0.25, 0.3) is 0 Å². The normalized spacial score (nSPS) is 27.5. The van der Waals surface area contributed by atoms with Crippen LogP contribution in [0.5, 0.6) is 0 Å². The first-order valence-electron chi connectivity index (χ1n) is 7.22. The number of rotatable bonds is 4. The molecule has 0 radical (unpaired) electrons. The molecule has 1 aliphatic rings. The molecule has 0 aliphatic heterocycles. The molecule has 1 aliphatic carbocycles. The topological polar surface area (TPSA) is 32.3 Å². The predicted octanol–water partition coefficient (Wildman–Crippen LogP) is 4.33. The lowest BCUT2D eigenvalue weighted by Crippen LogP contribution is -2.52. The second-order valence-electron chi connectivity index (χ2n) is 6.05. The highest BCUT2D eigenvalue weighted by atomic mass is 35.5. The fourth-order valence-electron chi connectivity index (χ4n) is 3.48. The van der Waals surface area contributed by atoms with Crippen molar-refractivity contribution in [3.63, 3.8) is 0 Å². The third-order valence-electron chi connectivity index (χ3n) is 4.40. The first-order chi connectivity index (χ1) is 9.07. The summed E-state index contributed by atoms with van der Waals surface area (Å²) in [6, 6.07) is 7.78. The molecule has 0 heterocycles. The Bertz CT molecular complexity index is 421. The molecule has 2 unspecified atom stereocenters. The summed E-state index contributed by atoms with van der Waals surface area (Å²) in [5, 5.41) is 14.3. The minimum absolute atomic E-state index is 0.183. The Morgan fingerprint density at radius 2 is 2.21 bits per heavy atom. The van der Waals surface area contributed by atoms with Gasteiger partial charge in [0.15, 0.2) is 0 Å². The zero-order valence-corrected chi connectivity index (χ0v) is 12.6. The third-order valence-corrected chi connectivity index (χ3v) is 4.64. The number of hydrogen-bond donors (Lipinski definition) is 2. The van der Waals surface area contributed by atoms with Crippen molar-refractivity contribution in [2.24, 2.45) is 11.8 Å². The molecule has 0 saturated heterocycles. The van der Waals surface area contributed by atoms with Crippen molar-refractivity contribution < 1.29 is 5.11 Å². The van der Waals surface area contributed by atoms with E-state index in [-0.39, 0.29) is 12.1 Å². The molecule has 2 rings (SSSR count). The molecule has 1 fully saturated rings. The van der Waals surface area contributed by atoms with Crippen molar-refractivity contribution in [1.29, 1.82) is 0 Å². The number of benzene rings is 1. The lowest BCUT2D eigenvalue weighted by Gasteiger charge is -2.46. The van der Waals surface area contributed by atoms with Crippen molar-refractivity contribution in [3.8, 4) is 0 Å². The van der Waals surface area contributed by atoms with Crippen LogP contribution in [-0.2, 0) is 0 Å². The smallest absolute Gasteiger partial charge is 0.0664 e. The minimum Gasteiger partial charge on any atom is -0.394 e. The van der Waals surface area contributed by atoms with Crippen LogP contribution in [0.2, 0.25) is 5.02 Å². The molecule has 19 heavy (non-hydrogen) atoms. The zero-order valence-electron chi connectivity index (χ0n) is 11.8. The zero-order chi connectivity index (χ0) is 13.9. The number of halogens is 1. The van der Waals surface area contributed by atoms with Crippen LogP contribution in [0.1, 0.15) is 39.5 Å². The summed E-state index contributed by atoms with van der Waals surface area (Å²) in [4.78, 5) is 0. The molecule has 2 atom stereocenters. The molecule has 1 saturated carbocycles. The van der Waals surface area contributed by atoms with E-state index in [1.807, 2.05) is 24.3 Å². The summed E-state index contributed by atoms with van der Waals surface area (Å²) in [6.07, 6.45) is 4.66. The van der Waals surface area contributed by atoms with Crippen molar-refractivity contribution in [1.82, 2.24) is 0 Å². The first kappa shape index (κ1) is 14.7. The molecule has 0 bridgehead atoms. The molecular formula is C16H24ClNO. The van der Waals surface area contributed by atoms with E-state index in [0.717, 1.165) is 17.1 Å². The molecule has 3 heteroatoms. The lowest BCUT2D eigenvalue weighted by atomic mass is 9.68. The number of anilines is 1. The molecule has 0 spiro atoms. The maximum Gasteiger partial charge on any atom is 0.0664 e. The van der Waals surface area contributed by atoms with Crippen molar-refractivity contribution >= 4 is 17.3 Å². The molecule has 0 aromatic heterocycles. The predicted molar refractivity (Wildman–Crippen MR) is 81.7 cm³/mol. The van der Waals surface area contributed by atoms with Gasteiger partial charge in [-0.05, 0) is 42.9 Å². The first-order valence-corrected chi connectivity index (χ1v) is 7.60. The lowest BCUT2D eigenvalue weighted by molar-refractivity contribution is 0.0898. The van der Waals surface area contributed by atoms with E-state index in [0.29, 0.717) is 11.8 Å². The van der Waals surface area contributed by atoms with E-state index in [2.05, 4.69) is 19.2 Å². The average Bonchev–Trinajstić information content (AvgIpc) is 2.39. The molecule has 2 N–H and O–H groups in total. The van der Waals surface area contributed by atoms with Crippen molar-refractivity contribution in [2.75, 3.05) is 11.9 Å². The van der Waals surface area contributed by atoms with Crippen LogP contribution < -0.4 is 5.32 Å². The van der Waals surface area contributed by atoms with Gasteiger partial charge >= 0.3 is 0 Å². The van der Waals surface area contributed by atoms with Crippen molar-refractivity contribution in [3.05, 3.63) is 29.3 Å². The number of aliphatic hydroxyl groups excluding tert-OH is 1. The highest BCUT2D eigenvalue weighted by Gasteiger charge is 2.41. The van der Waals surface area contributed by atoms with Crippen LogP contribution >= 0.6 is 11.6 Å². The van der Waals surface area contributed by atoms with Gasteiger partial charge in [-0.1, -0.05) is 44.4 Å². The largest absolute Gasteiger partial charge is 0.394 e. The fraction of sp³-hybridized carbons (Fsp3) is 0.625. The minimum atomic E-state index is -0.197. The molecule has 0 amide bonds. The second-order valence-corrected chi connectivity index (χ2v) is 6.48. The fourth-order valence-corrected chi connectivity index (χ4v) is 3.67. The average molecular weight is 282 g/mol. The Kier molecular flexibility index (Phi) is 4.75. The molecule has 1 aromatic carbocycles. The summed E-state index contributed by atoms with van der Waals surface area (Å²) < 4.78 is 0. The number of nitrogens with one attached hydrogen (secondary N) is 1. The molecule has 1 aromatic rings. The monoisotopic (exact) mass is 281 g/mol. The number of aliphatic hydroxyl groups is 1. The maximum absolute atomic E-state index is 10.00. The summed E-state index contributed by atoms with van der Waals surface area (Å²) in [5.41, 5.74) is 0.811. The van der Waals surface area contributed by atoms with Crippen LogP contribution in [0.3, 0.4) is 0 Å². The van der Waals surface area contributed by atoms with Gasteiger partial charge < -0.3 is 10.4 Å². The number of hydrogen-bond acceptors (Lipinski definition) is 2. The quantitative estimate of drug-likeness (QED) is 0.861. The van der Waals surface area contributed by atoms with Gasteiger partial charge in [-0.15, -0.1) is 0 Å². The maximum atomic E-state index is 10.00. The summed E-state index contributed by atoms with van der Waals surface area (Å²) in [6.45, 7) is 4.68. The standard InChI is InChI=1S/C16H24ClNO/c1-12(2)15-8-3-4-9-16(15,11-19)18-14-7-5-6-13(17)10-14/h5-7,10,12,15,18-19H,3-4,8-9,11H2,1-2H3. The van der Waals surface area contributed by atoms with Gasteiger partial charge in [-0.2, -0.15) is 0 Å². The van der Waals surface area contributed by atoms with Crippen LogP contribution in [0, 0.1) is 11.8 Å². The van der Waals surface area contributed by atoms with Gasteiger partial charge in [0.1, 0.15) is 0 Å². The molecule has 2 nitrogen and oxygen atoms in total. The van der Waals surface area contributed by atoms with Crippen LogP contribution in [0.4, 0.5) is 5.69 Å². The van der Waals surface area contributed by atoms with E-state index in [1.165, 1.54) is 19.3 Å². The van der Waals surface area contributed by atoms with E-state index >= 15 is 0 Å². The van der Waals surface area contributed by atoms with Crippen molar-refractivity contribution in [2.45, 2.75) is 45.1 Å². The third kappa shape index (κ3) is 3.24. The van der Waals surface area contributed by atoms with Gasteiger partial charge in [0, 0.05) is 10.7 Å². The van der Waals surface area contributed by atoms with Gasteiger partial charge in [0.05, 0.1) is 12.1 Å². The summed E-state index contributed by atoms with van der Waals surface area (Å²) in [7, 11) is 0. The summed E-state index contributed by atoms with van der Waals surface area (Å²) in [5.74, 6) is 1.07. The Labute approximate surface area is 121 Å². The highest BCUT2D eigenvalue weighted by Crippen LogP contribution is 2.40. The Morgan fingerprint density at radius 3 is 2.84 bits per heavy atom. The Balaban J connectivity index is 2.25. The molecular weight excluding hydrogens is 258 g/mol. The van der Waals surface area contributed by atoms with Gasteiger partial charge in [0.2, 0.25) is 0 Å². The highest BCUT2D eigenvalue weighted by molar-refractivity contribution is 6.30. The SMILES string of the molecule is CC(C)C1CCCCC1(CO)Nc1cccc(Cl)c1. The van der Waals surface area contributed by atoms with Gasteiger partial charge in [-0.3, -0.25) is 0 Å². The van der Waals surface area contributed by atoms with E-state index in [9.17, 15) is 5.11 Å². The molecule has 106 valence electrons. The van der Waals surface area contributed by atoms with Gasteiger partial charge in [-0.25, -0.2) is 0 Å². The summed E-state index contributed by atoms with van der Waals surface area (Å²) >= 11 is 6.05. The second kappa shape index (κ2) is 6.15.